The highest BCUT2D eigenvalue weighted by atomic mass is 16.5. The summed E-state index contributed by atoms with van der Waals surface area (Å²) in [5, 5.41) is 11.7. The number of nitrogens with zero attached hydrogens (tertiary/aromatic N) is 2. The van der Waals surface area contributed by atoms with Crippen molar-refractivity contribution in [3.63, 3.8) is 0 Å². The number of pyridine rings is 1. The van der Waals surface area contributed by atoms with Gasteiger partial charge < -0.3 is 10.1 Å². The van der Waals surface area contributed by atoms with E-state index in [1.165, 1.54) is 0 Å². The molecule has 1 aromatic heterocycles. The van der Waals surface area contributed by atoms with E-state index in [1.54, 1.807) is 19.4 Å². The number of nitriles is 1. The van der Waals surface area contributed by atoms with Crippen LogP contribution in [-0.4, -0.2) is 25.2 Å². The zero-order valence-electron chi connectivity index (χ0n) is 7.45. The second kappa shape index (κ2) is 5.12. The monoisotopic (exact) mass is 177 g/mol. The fourth-order valence-corrected chi connectivity index (χ4v) is 0.925. The summed E-state index contributed by atoms with van der Waals surface area (Å²) in [6.45, 7) is 1.29. The Balaban J connectivity index is 2.60. The number of methoxy groups -OCH3 is 1. The number of nitrogens with one attached hydrogen (secondary N) is 1. The van der Waals surface area contributed by atoms with Gasteiger partial charge in [0, 0.05) is 19.9 Å². The lowest BCUT2D eigenvalue weighted by molar-refractivity contribution is 0.211. The minimum absolute atomic E-state index is 0.415. The van der Waals surface area contributed by atoms with Crippen molar-refractivity contribution in [3.05, 3.63) is 24.0 Å². The van der Waals surface area contributed by atoms with E-state index < -0.39 is 0 Å². The Morgan fingerprint density at radius 3 is 3.23 bits per heavy atom. The molecule has 0 bridgehead atoms. The van der Waals surface area contributed by atoms with Gasteiger partial charge in [-0.3, -0.25) is 0 Å². The van der Waals surface area contributed by atoms with Gasteiger partial charge in [0.05, 0.1) is 12.3 Å². The van der Waals surface area contributed by atoms with Crippen LogP contribution in [0.4, 0.5) is 5.69 Å². The number of rotatable bonds is 4. The molecule has 1 heterocycles. The van der Waals surface area contributed by atoms with Crippen LogP contribution in [0.3, 0.4) is 0 Å². The minimum Gasteiger partial charge on any atom is -0.383 e. The number of ether oxygens (including phenoxy) is 1. The molecule has 68 valence electrons. The summed E-state index contributed by atoms with van der Waals surface area (Å²) in [6, 6.07) is 5.62. The first-order valence-corrected chi connectivity index (χ1v) is 3.96. The molecule has 4 heteroatoms. The van der Waals surface area contributed by atoms with Gasteiger partial charge in [0.2, 0.25) is 0 Å². The summed E-state index contributed by atoms with van der Waals surface area (Å²) >= 11 is 0. The Morgan fingerprint density at radius 1 is 1.69 bits per heavy atom. The zero-order chi connectivity index (χ0) is 9.52. The summed E-state index contributed by atoms with van der Waals surface area (Å²) in [5.74, 6) is 0. The molecule has 13 heavy (non-hydrogen) atoms. The zero-order valence-corrected chi connectivity index (χ0v) is 7.45. The highest BCUT2D eigenvalue weighted by Crippen LogP contribution is 2.09. The highest BCUT2D eigenvalue weighted by molar-refractivity contribution is 5.53. The van der Waals surface area contributed by atoms with E-state index >= 15 is 0 Å². The SMILES string of the molecule is COCCNc1cccnc1C#N. The Labute approximate surface area is 77.2 Å². The van der Waals surface area contributed by atoms with Crippen molar-refractivity contribution in [2.45, 2.75) is 0 Å². The van der Waals surface area contributed by atoms with E-state index in [2.05, 4.69) is 10.3 Å². The summed E-state index contributed by atoms with van der Waals surface area (Å²) in [4.78, 5) is 3.91. The summed E-state index contributed by atoms with van der Waals surface area (Å²) in [6.07, 6.45) is 1.60. The van der Waals surface area contributed by atoms with E-state index in [0.29, 0.717) is 18.8 Å². The fraction of sp³-hybridized carbons (Fsp3) is 0.333. The summed E-state index contributed by atoms with van der Waals surface area (Å²) in [7, 11) is 1.64. The first kappa shape index (κ1) is 9.49. The maximum absolute atomic E-state index is 8.69. The van der Waals surface area contributed by atoms with Crippen LogP contribution in [-0.2, 0) is 4.74 Å². The van der Waals surface area contributed by atoms with Crippen molar-refractivity contribution in [2.75, 3.05) is 25.6 Å². The van der Waals surface area contributed by atoms with Crippen molar-refractivity contribution in [1.29, 1.82) is 5.26 Å². The maximum atomic E-state index is 8.69. The van der Waals surface area contributed by atoms with E-state index in [0.717, 1.165) is 5.69 Å². The highest BCUT2D eigenvalue weighted by Gasteiger charge is 1.99. The lowest BCUT2D eigenvalue weighted by Crippen LogP contribution is -2.09. The van der Waals surface area contributed by atoms with Crippen LogP contribution in [0, 0.1) is 11.3 Å². The van der Waals surface area contributed by atoms with Gasteiger partial charge in [-0.25, -0.2) is 4.98 Å². The van der Waals surface area contributed by atoms with Crippen molar-refractivity contribution in [1.82, 2.24) is 4.98 Å². The lowest BCUT2D eigenvalue weighted by Gasteiger charge is -2.05. The third-order valence-corrected chi connectivity index (χ3v) is 1.54. The number of hydrogen-bond acceptors (Lipinski definition) is 4. The lowest BCUT2D eigenvalue weighted by atomic mass is 10.3. The van der Waals surface area contributed by atoms with Crippen LogP contribution in [0.1, 0.15) is 5.69 Å². The van der Waals surface area contributed by atoms with Crippen LogP contribution in [0.5, 0.6) is 0 Å². The van der Waals surface area contributed by atoms with Crippen molar-refractivity contribution in [3.8, 4) is 6.07 Å². The van der Waals surface area contributed by atoms with E-state index in [9.17, 15) is 0 Å². The smallest absolute Gasteiger partial charge is 0.163 e. The molecule has 4 nitrogen and oxygen atoms in total. The first-order chi connectivity index (χ1) is 6.38. The van der Waals surface area contributed by atoms with Crippen LogP contribution in [0.15, 0.2) is 18.3 Å². The molecule has 0 aliphatic heterocycles. The number of hydrogen-bond donors (Lipinski definition) is 1. The van der Waals surface area contributed by atoms with Crippen LogP contribution >= 0.6 is 0 Å². The molecule has 0 unspecified atom stereocenters. The molecule has 0 radical (unpaired) electrons. The normalized spacial score (nSPS) is 9.23. The molecule has 0 spiro atoms. The Hall–Kier alpha value is -1.60. The van der Waals surface area contributed by atoms with E-state index in [1.807, 2.05) is 12.1 Å². The summed E-state index contributed by atoms with van der Waals surface area (Å²) in [5.41, 5.74) is 1.17. The van der Waals surface area contributed by atoms with Crippen molar-refractivity contribution >= 4 is 5.69 Å². The second-order valence-electron chi connectivity index (χ2n) is 2.43. The van der Waals surface area contributed by atoms with Crippen LogP contribution in [0.2, 0.25) is 0 Å². The molecule has 0 atom stereocenters. The van der Waals surface area contributed by atoms with Gasteiger partial charge in [0.15, 0.2) is 5.69 Å². The predicted molar refractivity (Wildman–Crippen MR) is 49.3 cm³/mol. The number of aromatic nitrogens is 1. The molecule has 0 saturated carbocycles. The molecule has 0 aromatic carbocycles. The largest absolute Gasteiger partial charge is 0.383 e. The van der Waals surface area contributed by atoms with Gasteiger partial charge in [0.1, 0.15) is 6.07 Å². The molecule has 0 amide bonds. The van der Waals surface area contributed by atoms with Crippen molar-refractivity contribution in [2.24, 2.45) is 0 Å². The third kappa shape index (κ3) is 2.73. The van der Waals surface area contributed by atoms with Gasteiger partial charge in [-0.15, -0.1) is 0 Å². The van der Waals surface area contributed by atoms with Gasteiger partial charge in [0.25, 0.3) is 0 Å². The Bertz CT molecular complexity index is 306. The molecule has 0 fully saturated rings. The molecule has 1 N–H and O–H groups in total. The van der Waals surface area contributed by atoms with E-state index in [4.69, 9.17) is 10.00 Å². The van der Waals surface area contributed by atoms with Crippen molar-refractivity contribution < 1.29 is 4.74 Å². The molecule has 1 aromatic rings. The van der Waals surface area contributed by atoms with E-state index in [-0.39, 0.29) is 0 Å². The molecule has 1 rings (SSSR count). The average Bonchev–Trinajstić information content (AvgIpc) is 2.19. The molecule has 0 saturated heterocycles. The molecular formula is C9H11N3O. The Kier molecular flexibility index (Phi) is 3.74. The van der Waals surface area contributed by atoms with Crippen LogP contribution in [0.25, 0.3) is 0 Å². The topological polar surface area (TPSA) is 57.9 Å². The fourth-order valence-electron chi connectivity index (χ4n) is 0.925. The third-order valence-electron chi connectivity index (χ3n) is 1.54. The Morgan fingerprint density at radius 2 is 2.54 bits per heavy atom. The quantitative estimate of drug-likeness (QED) is 0.697. The molecule has 0 aliphatic carbocycles. The van der Waals surface area contributed by atoms with Gasteiger partial charge in [-0.05, 0) is 12.1 Å². The minimum atomic E-state index is 0.415. The number of anilines is 1. The standard InChI is InChI=1S/C9H11N3O/c1-13-6-5-12-8-3-2-4-11-9(8)7-10/h2-4,12H,5-6H2,1H3. The summed E-state index contributed by atoms with van der Waals surface area (Å²) < 4.78 is 4.87. The van der Waals surface area contributed by atoms with Crippen LogP contribution < -0.4 is 5.32 Å². The predicted octanol–water partition coefficient (Wildman–Crippen LogP) is 1.01. The van der Waals surface area contributed by atoms with Gasteiger partial charge >= 0.3 is 0 Å². The average molecular weight is 177 g/mol. The maximum Gasteiger partial charge on any atom is 0.163 e. The van der Waals surface area contributed by atoms with Gasteiger partial charge in [-0.1, -0.05) is 0 Å². The molecule has 0 aliphatic rings. The van der Waals surface area contributed by atoms with Gasteiger partial charge in [-0.2, -0.15) is 5.26 Å². The first-order valence-electron chi connectivity index (χ1n) is 3.96. The second-order valence-corrected chi connectivity index (χ2v) is 2.43. The molecular weight excluding hydrogens is 166 g/mol.